The summed E-state index contributed by atoms with van der Waals surface area (Å²) in [6, 6.07) is 12.4. The lowest BCUT2D eigenvalue weighted by molar-refractivity contribution is 1.08. The van der Waals surface area contributed by atoms with Gasteiger partial charge in [-0.25, -0.2) is 0 Å². The molecular weight excluding hydrogens is 330 g/mol. The van der Waals surface area contributed by atoms with Gasteiger partial charge in [0.1, 0.15) is 0 Å². The van der Waals surface area contributed by atoms with Crippen LogP contribution in [-0.4, -0.2) is 10.2 Å². The maximum absolute atomic E-state index is 5.00. The Morgan fingerprint density at radius 1 is 1.17 bits per heavy atom. The van der Waals surface area contributed by atoms with E-state index < -0.39 is 0 Å². The highest BCUT2D eigenvalue weighted by molar-refractivity contribution is 9.10. The fourth-order valence-corrected chi connectivity index (χ4v) is 2.89. The summed E-state index contributed by atoms with van der Waals surface area (Å²) in [5, 5.41) is 13.2. The SMILES string of the molecule is S=c1[nH]nc(Nc2ccc3cc(Br)ccc3c2)s1. The molecule has 0 radical (unpaired) electrons. The number of H-pyrrole nitrogens is 1. The molecule has 0 bridgehead atoms. The molecule has 0 saturated carbocycles. The minimum atomic E-state index is 0.669. The number of anilines is 2. The zero-order chi connectivity index (χ0) is 12.5. The van der Waals surface area contributed by atoms with Crippen molar-refractivity contribution in [3.05, 3.63) is 44.8 Å². The Morgan fingerprint density at radius 3 is 2.72 bits per heavy atom. The first kappa shape index (κ1) is 11.8. The van der Waals surface area contributed by atoms with E-state index in [1.54, 1.807) is 0 Å². The third-order valence-electron chi connectivity index (χ3n) is 2.49. The van der Waals surface area contributed by atoms with Crippen LogP contribution in [-0.2, 0) is 0 Å². The maximum Gasteiger partial charge on any atom is 0.208 e. The molecule has 1 aromatic heterocycles. The normalized spacial score (nSPS) is 10.7. The second kappa shape index (κ2) is 4.79. The van der Waals surface area contributed by atoms with Crippen molar-refractivity contribution in [2.75, 3.05) is 5.32 Å². The molecule has 3 aromatic rings. The van der Waals surface area contributed by atoms with Crippen LogP contribution in [0, 0.1) is 3.95 Å². The number of aromatic nitrogens is 2. The molecular formula is C12H8BrN3S2. The van der Waals surface area contributed by atoms with E-state index in [4.69, 9.17) is 12.2 Å². The van der Waals surface area contributed by atoms with Gasteiger partial charge in [0.15, 0.2) is 3.95 Å². The quantitative estimate of drug-likeness (QED) is 0.656. The topological polar surface area (TPSA) is 40.7 Å². The van der Waals surface area contributed by atoms with Gasteiger partial charge in [-0.3, -0.25) is 5.10 Å². The van der Waals surface area contributed by atoms with Crippen LogP contribution in [0.15, 0.2) is 40.9 Å². The van der Waals surface area contributed by atoms with Crippen molar-refractivity contribution in [2.45, 2.75) is 0 Å². The monoisotopic (exact) mass is 337 g/mol. The van der Waals surface area contributed by atoms with Crippen LogP contribution in [0.3, 0.4) is 0 Å². The Balaban J connectivity index is 1.98. The molecule has 0 aliphatic heterocycles. The van der Waals surface area contributed by atoms with Crippen LogP contribution in [0.1, 0.15) is 0 Å². The number of fused-ring (bicyclic) bond motifs is 1. The van der Waals surface area contributed by atoms with Crippen molar-refractivity contribution in [1.82, 2.24) is 10.2 Å². The Kier molecular flexibility index (Phi) is 3.15. The van der Waals surface area contributed by atoms with E-state index in [2.05, 4.69) is 55.7 Å². The Morgan fingerprint density at radius 2 is 1.94 bits per heavy atom. The summed E-state index contributed by atoms with van der Waals surface area (Å²) in [4.78, 5) is 0. The van der Waals surface area contributed by atoms with Crippen molar-refractivity contribution in [1.29, 1.82) is 0 Å². The Bertz CT molecular complexity index is 763. The summed E-state index contributed by atoms with van der Waals surface area (Å²) < 4.78 is 1.75. The number of rotatable bonds is 2. The molecule has 0 unspecified atom stereocenters. The van der Waals surface area contributed by atoms with Crippen LogP contribution in [0.2, 0.25) is 0 Å². The largest absolute Gasteiger partial charge is 0.330 e. The molecule has 3 rings (SSSR count). The van der Waals surface area contributed by atoms with E-state index in [9.17, 15) is 0 Å². The fraction of sp³-hybridized carbons (Fsp3) is 0. The van der Waals surface area contributed by atoms with Crippen molar-refractivity contribution in [3.8, 4) is 0 Å². The summed E-state index contributed by atoms with van der Waals surface area (Å²) >= 11 is 9.88. The highest BCUT2D eigenvalue weighted by Crippen LogP contribution is 2.25. The number of halogens is 1. The van der Waals surface area contributed by atoms with Crippen LogP contribution in [0.5, 0.6) is 0 Å². The smallest absolute Gasteiger partial charge is 0.208 e. The molecule has 0 atom stereocenters. The van der Waals surface area contributed by atoms with Crippen LogP contribution in [0.4, 0.5) is 10.8 Å². The van der Waals surface area contributed by atoms with Gasteiger partial charge in [-0.2, -0.15) is 0 Å². The second-order valence-electron chi connectivity index (χ2n) is 3.75. The van der Waals surface area contributed by atoms with Crippen LogP contribution < -0.4 is 5.32 Å². The standard InChI is InChI=1S/C12H8BrN3S2/c13-9-3-1-8-6-10(4-2-7(8)5-9)14-11-15-16-12(17)18-11/h1-6H,(H,14,15)(H,16,17). The van der Waals surface area contributed by atoms with E-state index in [0.717, 1.165) is 15.3 Å². The Labute approximate surface area is 121 Å². The predicted molar refractivity (Wildman–Crippen MR) is 82.2 cm³/mol. The number of nitrogens with one attached hydrogen (secondary N) is 2. The summed E-state index contributed by atoms with van der Waals surface area (Å²) in [6.07, 6.45) is 0. The third-order valence-corrected chi connectivity index (χ3v) is 3.99. The number of benzene rings is 2. The van der Waals surface area contributed by atoms with Crippen LogP contribution >= 0.6 is 39.5 Å². The lowest BCUT2D eigenvalue weighted by Crippen LogP contribution is -1.89. The van der Waals surface area contributed by atoms with Gasteiger partial charge in [0, 0.05) is 10.2 Å². The summed E-state index contributed by atoms with van der Waals surface area (Å²) in [7, 11) is 0. The van der Waals surface area contributed by atoms with Crippen molar-refractivity contribution in [3.63, 3.8) is 0 Å². The first-order valence-electron chi connectivity index (χ1n) is 5.22. The molecule has 2 N–H and O–H groups in total. The molecule has 18 heavy (non-hydrogen) atoms. The summed E-state index contributed by atoms with van der Waals surface area (Å²) in [6.45, 7) is 0. The number of nitrogens with zero attached hydrogens (tertiary/aromatic N) is 1. The van der Waals surface area contributed by atoms with Crippen LogP contribution in [0.25, 0.3) is 10.8 Å². The molecule has 6 heteroatoms. The number of hydrogen-bond donors (Lipinski definition) is 2. The van der Waals surface area contributed by atoms with Gasteiger partial charge in [0.25, 0.3) is 0 Å². The minimum Gasteiger partial charge on any atom is -0.330 e. The van der Waals surface area contributed by atoms with Crippen molar-refractivity contribution in [2.24, 2.45) is 0 Å². The molecule has 0 amide bonds. The zero-order valence-electron chi connectivity index (χ0n) is 9.11. The predicted octanol–water partition coefficient (Wildman–Crippen LogP) is 4.86. The molecule has 1 heterocycles. The van der Waals surface area contributed by atoms with Gasteiger partial charge >= 0.3 is 0 Å². The fourth-order valence-electron chi connectivity index (χ4n) is 1.70. The summed E-state index contributed by atoms with van der Waals surface area (Å²) in [5.74, 6) is 0. The first-order valence-corrected chi connectivity index (χ1v) is 7.24. The molecule has 90 valence electrons. The van der Waals surface area contributed by atoms with Gasteiger partial charge in [-0.05, 0) is 47.3 Å². The lowest BCUT2D eigenvalue weighted by atomic mass is 10.1. The zero-order valence-corrected chi connectivity index (χ0v) is 12.3. The minimum absolute atomic E-state index is 0.669. The van der Waals surface area contributed by atoms with E-state index in [1.807, 2.05) is 12.1 Å². The van der Waals surface area contributed by atoms with Gasteiger partial charge in [0.2, 0.25) is 5.13 Å². The third kappa shape index (κ3) is 2.45. The second-order valence-corrected chi connectivity index (χ2v) is 6.33. The lowest BCUT2D eigenvalue weighted by Gasteiger charge is -2.04. The van der Waals surface area contributed by atoms with E-state index in [0.29, 0.717) is 3.95 Å². The highest BCUT2D eigenvalue weighted by atomic mass is 79.9. The molecule has 2 aromatic carbocycles. The maximum atomic E-state index is 5.00. The molecule has 0 saturated heterocycles. The first-order chi connectivity index (χ1) is 8.70. The number of hydrogen-bond acceptors (Lipinski definition) is 4. The molecule has 0 aliphatic carbocycles. The van der Waals surface area contributed by atoms with Crippen molar-refractivity contribution >= 4 is 61.1 Å². The molecule has 0 fully saturated rings. The van der Waals surface area contributed by atoms with E-state index in [1.165, 1.54) is 22.1 Å². The van der Waals surface area contributed by atoms with Gasteiger partial charge in [-0.15, -0.1) is 5.10 Å². The number of aromatic amines is 1. The van der Waals surface area contributed by atoms with Crippen molar-refractivity contribution < 1.29 is 0 Å². The van der Waals surface area contributed by atoms with E-state index >= 15 is 0 Å². The van der Waals surface area contributed by atoms with Gasteiger partial charge in [-0.1, -0.05) is 39.4 Å². The van der Waals surface area contributed by atoms with E-state index in [-0.39, 0.29) is 0 Å². The van der Waals surface area contributed by atoms with Gasteiger partial charge in [0.05, 0.1) is 0 Å². The highest BCUT2D eigenvalue weighted by Gasteiger charge is 2.00. The summed E-state index contributed by atoms with van der Waals surface area (Å²) in [5.41, 5.74) is 1.00. The molecule has 3 nitrogen and oxygen atoms in total. The Hall–Kier alpha value is -1.24. The molecule has 0 aliphatic rings. The average molecular weight is 338 g/mol. The average Bonchev–Trinajstić information content (AvgIpc) is 2.75. The van der Waals surface area contributed by atoms with Gasteiger partial charge < -0.3 is 5.32 Å². The molecule has 0 spiro atoms.